The van der Waals surface area contributed by atoms with Crippen LogP contribution in [0.1, 0.15) is 39.5 Å². The Morgan fingerprint density at radius 1 is 1.69 bits per heavy atom. The lowest BCUT2D eigenvalue weighted by Crippen LogP contribution is -2.22. The molecule has 0 spiro atoms. The number of rotatable bonds is 3. The van der Waals surface area contributed by atoms with Crippen molar-refractivity contribution < 1.29 is 4.74 Å². The van der Waals surface area contributed by atoms with E-state index in [0.29, 0.717) is 5.92 Å². The Bertz CT molecular complexity index is 209. The molecule has 1 aliphatic carbocycles. The Balaban J connectivity index is 2.57. The second-order valence-electron chi connectivity index (χ2n) is 4.49. The normalized spacial score (nSPS) is 35.7. The summed E-state index contributed by atoms with van der Waals surface area (Å²) in [5.41, 5.74) is -0.0884. The number of nitrogens with zero attached hydrogens (tertiary/aromatic N) is 1. The molecule has 3 unspecified atom stereocenters. The zero-order valence-corrected chi connectivity index (χ0v) is 8.84. The molecule has 2 heteroatoms. The van der Waals surface area contributed by atoms with Crippen molar-refractivity contribution >= 4 is 0 Å². The fraction of sp³-hybridized carbons (Fsp3) is 0.909. The van der Waals surface area contributed by atoms with Crippen molar-refractivity contribution in [3.8, 4) is 6.07 Å². The maximum absolute atomic E-state index is 9.17. The second kappa shape index (κ2) is 4.11. The third-order valence-corrected chi connectivity index (χ3v) is 3.17. The van der Waals surface area contributed by atoms with Crippen molar-refractivity contribution in [1.82, 2.24) is 0 Å². The highest BCUT2D eigenvalue weighted by Gasteiger charge is 2.38. The van der Waals surface area contributed by atoms with Crippen LogP contribution < -0.4 is 0 Å². The predicted octanol–water partition coefficient (Wildman–Crippen LogP) is 2.74. The lowest BCUT2D eigenvalue weighted by molar-refractivity contribution is 0.0812. The molecule has 0 saturated heterocycles. The molecule has 0 aliphatic heterocycles. The summed E-state index contributed by atoms with van der Waals surface area (Å²) in [6.07, 6.45) is 4.41. The van der Waals surface area contributed by atoms with Gasteiger partial charge in [-0.15, -0.1) is 0 Å². The van der Waals surface area contributed by atoms with Crippen LogP contribution in [0.3, 0.4) is 0 Å². The summed E-state index contributed by atoms with van der Waals surface area (Å²) in [4.78, 5) is 0. The van der Waals surface area contributed by atoms with Crippen LogP contribution in [-0.4, -0.2) is 13.2 Å². The van der Waals surface area contributed by atoms with Crippen LogP contribution in [0.5, 0.6) is 0 Å². The van der Waals surface area contributed by atoms with Crippen molar-refractivity contribution in [2.45, 2.75) is 45.6 Å². The summed E-state index contributed by atoms with van der Waals surface area (Å²) < 4.78 is 5.22. The van der Waals surface area contributed by atoms with Gasteiger partial charge in [0.15, 0.2) is 0 Å². The van der Waals surface area contributed by atoms with Crippen LogP contribution >= 0.6 is 0 Å². The van der Waals surface area contributed by atoms with Crippen molar-refractivity contribution in [2.75, 3.05) is 7.11 Å². The van der Waals surface area contributed by atoms with Gasteiger partial charge in [0.1, 0.15) is 0 Å². The van der Waals surface area contributed by atoms with E-state index in [1.807, 2.05) is 6.92 Å². The minimum atomic E-state index is -0.0884. The van der Waals surface area contributed by atoms with E-state index in [1.165, 1.54) is 6.42 Å². The Morgan fingerprint density at radius 2 is 2.38 bits per heavy atom. The molecule has 0 amide bonds. The van der Waals surface area contributed by atoms with E-state index < -0.39 is 0 Å². The van der Waals surface area contributed by atoms with E-state index in [9.17, 15) is 5.26 Å². The molecule has 1 saturated carbocycles. The van der Waals surface area contributed by atoms with Crippen molar-refractivity contribution in [1.29, 1.82) is 5.26 Å². The molecule has 3 atom stereocenters. The fourth-order valence-corrected chi connectivity index (χ4v) is 2.36. The summed E-state index contributed by atoms with van der Waals surface area (Å²) in [6.45, 7) is 4.28. The van der Waals surface area contributed by atoms with Crippen LogP contribution in [0.2, 0.25) is 0 Å². The smallest absolute Gasteiger partial charge is 0.0690 e. The van der Waals surface area contributed by atoms with E-state index in [1.54, 1.807) is 7.11 Å². The van der Waals surface area contributed by atoms with Crippen LogP contribution in [0.25, 0.3) is 0 Å². The molecular weight excluding hydrogens is 162 g/mol. The Morgan fingerprint density at radius 3 is 2.77 bits per heavy atom. The van der Waals surface area contributed by atoms with Gasteiger partial charge in [-0.3, -0.25) is 0 Å². The summed E-state index contributed by atoms with van der Waals surface area (Å²) in [5.74, 6) is 0.712. The molecule has 0 bridgehead atoms. The topological polar surface area (TPSA) is 33.0 Å². The van der Waals surface area contributed by atoms with E-state index in [0.717, 1.165) is 19.3 Å². The van der Waals surface area contributed by atoms with Gasteiger partial charge in [0.2, 0.25) is 0 Å². The van der Waals surface area contributed by atoms with Gasteiger partial charge < -0.3 is 4.74 Å². The standard InChI is InChI=1S/C11H19NO/c1-9-4-5-11(6-9,8-12)7-10(2)13-3/h9-10H,4-7H2,1-3H3. The zero-order valence-electron chi connectivity index (χ0n) is 8.84. The van der Waals surface area contributed by atoms with Crippen LogP contribution in [0.4, 0.5) is 0 Å². The third-order valence-electron chi connectivity index (χ3n) is 3.17. The number of methoxy groups -OCH3 is 1. The Kier molecular flexibility index (Phi) is 3.33. The summed E-state index contributed by atoms with van der Waals surface area (Å²) >= 11 is 0. The summed E-state index contributed by atoms with van der Waals surface area (Å²) in [7, 11) is 1.72. The molecule has 0 aromatic carbocycles. The minimum absolute atomic E-state index is 0.0884. The first-order chi connectivity index (χ1) is 6.12. The quantitative estimate of drug-likeness (QED) is 0.670. The molecule has 0 radical (unpaired) electrons. The maximum Gasteiger partial charge on any atom is 0.0690 e. The number of hydrogen-bond donors (Lipinski definition) is 0. The SMILES string of the molecule is COC(C)CC1(C#N)CCC(C)C1. The maximum atomic E-state index is 9.17. The minimum Gasteiger partial charge on any atom is -0.382 e. The highest BCUT2D eigenvalue weighted by Crippen LogP contribution is 2.44. The highest BCUT2D eigenvalue weighted by molar-refractivity contribution is 5.04. The fourth-order valence-electron chi connectivity index (χ4n) is 2.36. The monoisotopic (exact) mass is 181 g/mol. The molecule has 0 aromatic rings. The first kappa shape index (κ1) is 10.5. The van der Waals surface area contributed by atoms with Crippen LogP contribution in [0, 0.1) is 22.7 Å². The van der Waals surface area contributed by atoms with Gasteiger partial charge in [0, 0.05) is 7.11 Å². The number of ether oxygens (including phenoxy) is 1. The zero-order chi connectivity index (χ0) is 9.90. The molecular formula is C11H19NO. The average Bonchev–Trinajstić information content (AvgIpc) is 2.48. The molecule has 74 valence electrons. The van der Waals surface area contributed by atoms with E-state index in [-0.39, 0.29) is 11.5 Å². The van der Waals surface area contributed by atoms with Crippen molar-refractivity contribution in [3.63, 3.8) is 0 Å². The third kappa shape index (κ3) is 2.45. The van der Waals surface area contributed by atoms with Crippen LogP contribution in [0.15, 0.2) is 0 Å². The summed E-state index contributed by atoms with van der Waals surface area (Å²) in [5, 5.41) is 9.17. The van der Waals surface area contributed by atoms with Crippen molar-refractivity contribution in [3.05, 3.63) is 0 Å². The lowest BCUT2D eigenvalue weighted by Gasteiger charge is -2.23. The first-order valence-corrected chi connectivity index (χ1v) is 5.06. The van der Waals surface area contributed by atoms with Gasteiger partial charge >= 0.3 is 0 Å². The largest absolute Gasteiger partial charge is 0.382 e. The highest BCUT2D eigenvalue weighted by atomic mass is 16.5. The molecule has 1 aliphatic rings. The Labute approximate surface area is 80.9 Å². The molecule has 1 fully saturated rings. The van der Waals surface area contributed by atoms with Gasteiger partial charge in [0.25, 0.3) is 0 Å². The molecule has 13 heavy (non-hydrogen) atoms. The molecule has 0 aromatic heterocycles. The van der Waals surface area contributed by atoms with E-state index in [4.69, 9.17) is 4.74 Å². The average molecular weight is 181 g/mol. The number of nitriles is 1. The lowest BCUT2D eigenvalue weighted by atomic mass is 9.82. The summed E-state index contributed by atoms with van der Waals surface area (Å²) in [6, 6.07) is 2.49. The first-order valence-electron chi connectivity index (χ1n) is 5.06. The molecule has 2 nitrogen and oxygen atoms in total. The number of hydrogen-bond acceptors (Lipinski definition) is 2. The van der Waals surface area contributed by atoms with Gasteiger partial charge in [-0.1, -0.05) is 6.92 Å². The van der Waals surface area contributed by atoms with E-state index in [2.05, 4.69) is 13.0 Å². The van der Waals surface area contributed by atoms with Gasteiger partial charge in [0.05, 0.1) is 17.6 Å². The van der Waals surface area contributed by atoms with Gasteiger partial charge in [-0.2, -0.15) is 5.26 Å². The van der Waals surface area contributed by atoms with E-state index >= 15 is 0 Å². The van der Waals surface area contributed by atoms with Crippen LogP contribution in [-0.2, 0) is 4.74 Å². The second-order valence-corrected chi connectivity index (χ2v) is 4.49. The predicted molar refractivity (Wildman–Crippen MR) is 52.1 cm³/mol. The Hall–Kier alpha value is -0.550. The molecule has 0 heterocycles. The van der Waals surface area contributed by atoms with Gasteiger partial charge in [-0.25, -0.2) is 0 Å². The van der Waals surface area contributed by atoms with Crippen molar-refractivity contribution in [2.24, 2.45) is 11.3 Å². The molecule has 1 rings (SSSR count). The van der Waals surface area contributed by atoms with Gasteiger partial charge in [-0.05, 0) is 38.5 Å². The molecule has 0 N–H and O–H groups in total.